The Kier molecular flexibility index (Phi) is 6.05. The van der Waals surface area contributed by atoms with Crippen molar-refractivity contribution in [3.05, 3.63) is 29.1 Å². The summed E-state index contributed by atoms with van der Waals surface area (Å²) in [6.07, 6.45) is 0. The van der Waals surface area contributed by atoms with Gasteiger partial charge in [0.05, 0.1) is 4.90 Å². The van der Waals surface area contributed by atoms with E-state index in [1.807, 2.05) is 0 Å². The molecule has 0 aliphatic heterocycles. The zero-order valence-electron chi connectivity index (χ0n) is 10.8. The maximum absolute atomic E-state index is 13.2. The minimum absolute atomic E-state index is 0.129. The Labute approximate surface area is 123 Å². The molecule has 0 atom stereocenters. The van der Waals surface area contributed by atoms with Crippen LogP contribution in [0.4, 0.5) is 4.39 Å². The van der Waals surface area contributed by atoms with Gasteiger partial charge < -0.3 is 0 Å². The molecule has 0 saturated heterocycles. The van der Waals surface area contributed by atoms with E-state index in [0.717, 1.165) is 0 Å². The lowest BCUT2D eigenvalue weighted by molar-refractivity contribution is 0.447. The maximum atomic E-state index is 13.2. The van der Waals surface area contributed by atoms with Gasteiger partial charge in [0.15, 0.2) is 0 Å². The first kappa shape index (κ1) is 16.7. The fourth-order valence-electron chi connectivity index (χ4n) is 1.97. The molecule has 3 nitrogen and oxygen atoms in total. The molecule has 0 spiro atoms. The van der Waals surface area contributed by atoms with Crippen LogP contribution < -0.4 is 0 Å². The number of rotatable bonds is 6. The fourth-order valence-corrected chi connectivity index (χ4v) is 4.44. The van der Waals surface area contributed by atoms with Crippen LogP contribution in [0, 0.1) is 19.7 Å². The van der Waals surface area contributed by atoms with Crippen molar-refractivity contribution in [2.75, 3.05) is 24.8 Å². The van der Waals surface area contributed by atoms with Gasteiger partial charge in [-0.2, -0.15) is 4.31 Å². The maximum Gasteiger partial charge on any atom is 0.243 e. The summed E-state index contributed by atoms with van der Waals surface area (Å²) in [5, 5.41) is 0. The first-order valence-corrected chi connectivity index (χ1v) is 8.24. The van der Waals surface area contributed by atoms with E-state index in [1.165, 1.54) is 16.4 Å². The number of nitrogens with zero attached hydrogens (tertiary/aromatic N) is 1. The van der Waals surface area contributed by atoms with Crippen molar-refractivity contribution in [3.63, 3.8) is 0 Å². The minimum atomic E-state index is -3.71. The zero-order valence-corrected chi connectivity index (χ0v) is 13.1. The van der Waals surface area contributed by atoms with Crippen molar-refractivity contribution in [2.24, 2.45) is 0 Å². The predicted molar refractivity (Wildman–Crippen MR) is 76.1 cm³/mol. The van der Waals surface area contributed by atoms with Crippen LogP contribution in [0.2, 0.25) is 0 Å². The molecule has 0 aliphatic carbocycles. The standard InChI is InChI=1S/C12H16Cl2FNO2S/c1-9-7-11(15)8-10(2)12(9)19(17,18)16(5-3-13)6-4-14/h7-8H,3-6H2,1-2H3. The second-order valence-electron chi connectivity index (χ2n) is 4.15. The second-order valence-corrected chi connectivity index (χ2v) is 6.78. The largest absolute Gasteiger partial charge is 0.243 e. The first-order valence-electron chi connectivity index (χ1n) is 5.73. The molecule has 1 rings (SSSR count). The van der Waals surface area contributed by atoms with E-state index in [1.54, 1.807) is 13.8 Å². The van der Waals surface area contributed by atoms with Gasteiger partial charge in [-0.15, -0.1) is 23.2 Å². The summed E-state index contributed by atoms with van der Waals surface area (Å²) in [7, 11) is -3.71. The summed E-state index contributed by atoms with van der Waals surface area (Å²) in [6, 6.07) is 2.42. The van der Waals surface area contributed by atoms with Gasteiger partial charge in [0.1, 0.15) is 5.82 Å². The van der Waals surface area contributed by atoms with Crippen molar-refractivity contribution in [1.82, 2.24) is 4.31 Å². The summed E-state index contributed by atoms with van der Waals surface area (Å²) in [5.41, 5.74) is 0.762. The molecule has 1 aromatic carbocycles. The smallest absolute Gasteiger partial charge is 0.207 e. The van der Waals surface area contributed by atoms with Crippen LogP contribution in [0.3, 0.4) is 0 Å². The number of halogens is 3. The molecule has 0 aliphatic rings. The third-order valence-corrected chi connectivity index (χ3v) is 5.23. The summed E-state index contributed by atoms with van der Waals surface area (Å²) >= 11 is 11.2. The summed E-state index contributed by atoms with van der Waals surface area (Å²) in [4.78, 5) is 0.129. The minimum Gasteiger partial charge on any atom is -0.207 e. The lowest BCUT2D eigenvalue weighted by Crippen LogP contribution is -2.35. The van der Waals surface area contributed by atoms with Gasteiger partial charge in [0, 0.05) is 24.8 Å². The number of benzene rings is 1. The third-order valence-electron chi connectivity index (χ3n) is 2.69. The van der Waals surface area contributed by atoms with Crippen LogP contribution in [0.1, 0.15) is 11.1 Å². The van der Waals surface area contributed by atoms with Crippen LogP contribution in [0.15, 0.2) is 17.0 Å². The molecule has 0 radical (unpaired) electrons. The number of sulfonamides is 1. The Balaban J connectivity index is 3.33. The van der Waals surface area contributed by atoms with Crippen LogP contribution in [0.25, 0.3) is 0 Å². The Morgan fingerprint density at radius 1 is 1.11 bits per heavy atom. The Morgan fingerprint density at radius 2 is 1.53 bits per heavy atom. The summed E-state index contributed by atoms with van der Waals surface area (Å²) in [5.74, 6) is -0.0969. The molecule has 0 unspecified atom stereocenters. The highest BCUT2D eigenvalue weighted by Crippen LogP contribution is 2.25. The van der Waals surface area contributed by atoms with Crippen molar-refractivity contribution in [1.29, 1.82) is 0 Å². The van der Waals surface area contributed by atoms with Crippen LogP contribution >= 0.6 is 23.2 Å². The monoisotopic (exact) mass is 327 g/mol. The number of hydrogen-bond acceptors (Lipinski definition) is 2. The molecule has 0 N–H and O–H groups in total. The van der Waals surface area contributed by atoms with Gasteiger partial charge in [-0.25, -0.2) is 12.8 Å². The number of hydrogen-bond donors (Lipinski definition) is 0. The quantitative estimate of drug-likeness (QED) is 0.753. The van der Waals surface area contributed by atoms with Crippen LogP contribution in [-0.2, 0) is 10.0 Å². The summed E-state index contributed by atoms with van der Waals surface area (Å²) in [6.45, 7) is 3.49. The van der Waals surface area contributed by atoms with Gasteiger partial charge in [-0.3, -0.25) is 0 Å². The molecule has 7 heteroatoms. The fraction of sp³-hybridized carbons (Fsp3) is 0.500. The van der Waals surface area contributed by atoms with Crippen LogP contribution in [0.5, 0.6) is 0 Å². The van der Waals surface area contributed by atoms with E-state index in [-0.39, 0.29) is 29.7 Å². The molecule has 108 valence electrons. The van der Waals surface area contributed by atoms with Gasteiger partial charge in [-0.05, 0) is 37.1 Å². The Morgan fingerprint density at radius 3 is 1.89 bits per heavy atom. The normalized spacial score (nSPS) is 12.1. The van der Waals surface area contributed by atoms with Crippen molar-refractivity contribution >= 4 is 33.2 Å². The predicted octanol–water partition coefficient (Wildman–Crippen LogP) is 2.91. The molecule has 0 amide bonds. The third kappa shape index (κ3) is 3.81. The van der Waals surface area contributed by atoms with E-state index in [4.69, 9.17) is 23.2 Å². The second kappa shape index (κ2) is 6.88. The van der Waals surface area contributed by atoms with Crippen LogP contribution in [-0.4, -0.2) is 37.6 Å². The molecule has 0 saturated carbocycles. The first-order chi connectivity index (χ1) is 8.84. The SMILES string of the molecule is Cc1cc(F)cc(C)c1S(=O)(=O)N(CCCl)CCCl. The molecule has 1 aromatic rings. The van der Waals surface area contributed by atoms with Gasteiger partial charge >= 0.3 is 0 Å². The number of aryl methyl sites for hydroxylation is 2. The molecule has 0 aromatic heterocycles. The lowest BCUT2D eigenvalue weighted by Gasteiger charge is -2.22. The highest BCUT2D eigenvalue weighted by molar-refractivity contribution is 7.89. The Bertz CT molecular complexity index is 520. The summed E-state index contributed by atoms with van der Waals surface area (Å²) < 4.78 is 39.6. The van der Waals surface area contributed by atoms with E-state index in [2.05, 4.69) is 0 Å². The lowest BCUT2D eigenvalue weighted by atomic mass is 10.1. The molecule has 19 heavy (non-hydrogen) atoms. The van der Waals surface area contributed by atoms with E-state index in [0.29, 0.717) is 11.1 Å². The van der Waals surface area contributed by atoms with Crippen molar-refractivity contribution in [2.45, 2.75) is 18.7 Å². The van der Waals surface area contributed by atoms with E-state index in [9.17, 15) is 12.8 Å². The topological polar surface area (TPSA) is 37.4 Å². The number of alkyl halides is 2. The highest BCUT2D eigenvalue weighted by atomic mass is 35.5. The highest BCUT2D eigenvalue weighted by Gasteiger charge is 2.27. The van der Waals surface area contributed by atoms with Crippen molar-refractivity contribution < 1.29 is 12.8 Å². The molecule has 0 heterocycles. The average molecular weight is 328 g/mol. The molecule has 0 bridgehead atoms. The van der Waals surface area contributed by atoms with Gasteiger partial charge in [0.25, 0.3) is 0 Å². The van der Waals surface area contributed by atoms with E-state index < -0.39 is 15.8 Å². The zero-order chi connectivity index (χ0) is 14.6. The van der Waals surface area contributed by atoms with Gasteiger partial charge in [-0.1, -0.05) is 0 Å². The molecular weight excluding hydrogens is 312 g/mol. The van der Waals surface area contributed by atoms with Crippen molar-refractivity contribution in [3.8, 4) is 0 Å². The van der Waals surface area contributed by atoms with Gasteiger partial charge in [0.2, 0.25) is 10.0 Å². The Hall–Kier alpha value is -0.360. The molecule has 0 fully saturated rings. The average Bonchev–Trinajstić information content (AvgIpc) is 2.26. The van der Waals surface area contributed by atoms with E-state index >= 15 is 0 Å². The molecular formula is C12H16Cl2FNO2S.